The molecule has 160 valence electrons. The molecule has 8 heteroatoms. The fourth-order valence-corrected chi connectivity index (χ4v) is 3.23. The third kappa shape index (κ3) is 4.91. The smallest absolute Gasteiger partial charge is 0.273 e. The normalized spacial score (nSPS) is 12.6. The van der Waals surface area contributed by atoms with Crippen molar-refractivity contribution in [2.45, 2.75) is 40.0 Å². The monoisotopic (exact) mass is 419 g/mol. The maximum absolute atomic E-state index is 12.8. The third-order valence-electron chi connectivity index (χ3n) is 5.11. The summed E-state index contributed by atoms with van der Waals surface area (Å²) < 4.78 is 13.2. The van der Waals surface area contributed by atoms with Crippen molar-refractivity contribution in [1.82, 2.24) is 25.0 Å². The summed E-state index contributed by atoms with van der Waals surface area (Å²) in [5.41, 5.74) is 0.0688. The minimum Gasteiger partial charge on any atom is -0.485 e. The zero-order chi connectivity index (χ0) is 21.8. The lowest BCUT2D eigenvalue weighted by atomic mass is 9.86. The molecule has 0 fully saturated rings. The zero-order valence-corrected chi connectivity index (χ0v) is 17.8. The van der Waals surface area contributed by atoms with Crippen molar-refractivity contribution in [1.29, 1.82) is 0 Å². The van der Waals surface area contributed by atoms with Crippen LogP contribution < -0.4 is 10.1 Å². The van der Waals surface area contributed by atoms with Crippen LogP contribution in [0.15, 0.2) is 66.0 Å². The Morgan fingerprint density at radius 2 is 2.10 bits per heavy atom. The van der Waals surface area contributed by atoms with Gasteiger partial charge in [-0.3, -0.25) is 9.78 Å². The van der Waals surface area contributed by atoms with E-state index in [9.17, 15) is 4.79 Å². The second kappa shape index (κ2) is 8.59. The van der Waals surface area contributed by atoms with Crippen LogP contribution in [0.5, 0.6) is 5.75 Å². The molecule has 3 heterocycles. The van der Waals surface area contributed by atoms with Crippen LogP contribution in [0.3, 0.4) is 0 Å². The van der Waals surface area contributed by atoms with E-state index in [2.05, 4.69) is 41.2 Å². The number of pyridine rings is 1. The van der Waals surface area contributed by atoms with Crippen molar-refractivity contribution in [2.75, 3.05) is 0 Å². The fraction of sp³-hybridized carbons (Fsp3) is 0.304. The molecule has 1 atom stereocenters. The first-order chi connectivity index (χ1) is 14.9. The first-order valence-electron chi connectivity index (χ1n) is 10.1. The number of carbonyl (C=O) groups excluding carboxylic acids is 1. The lowest BCUT2D eigenvalue weighted by Gasteiger charge is -2.31. The summed E-state index contributed by atoms with van der Waals surface area (Å²) in [7, 11) is 0. The number of carbonyl (C=O) groups is 1. The number of fused-ring (bicyclic) bond motifs is 1. The molecule has 0 aliphatic heterocycles. The highest BCUT2D eigenvalue weighted by molar-refractivity contribution is 5.92. The van der Waals surface area contributed by atoms with Gasteiger partial charge in [-0.15, -0.1) is 0 Å². The van der Waals surface area contributed by atoms with Crippen LogP contribution in [0.4, 0.5) is 0 Å². The Hall–Kier alpha value is -3.68. The van der Waals surface area contributed by atoms with Crippen LogP contribution in [0.25, 0.3) is 10.8 Å². The van der Waals surface area contributed by atoms with Crippen molar-refractivity contribution >= 4 is 16.7 Å². The molecule has 0 saturated carbocycles. The quantitative estimate of drug-likeness (QED) is 0.489. The predicted molar refractivity (Wildman–Crippen MR) is 116 cm³/mol. The minimum absolute atomic E-state index is 0.116. The van der Waals surface area contributed by atoms with Crippen LogP contribution in [-0.4, -0.2) is 31.6 Å². The summed E-state index contributed by atoms with van der Waals surface area (Å²) in [6.45, 7) is 7.02. The van der Waals surface area contributed by atoms with Gasteiger partial charge in [0.2, 0.25) is 0 Å². The average Bonchev–Trinajstić information content (AvgIpc) is 3.43. The highest BCUT2D eigenvalue weighted by Gasteiger charge is 2.28. The lowest BCUT2D eigenvalue weighted by molar-refractivity contribution is 0.0883. The van der Waals surface area contributed by atoms with Gasteiger partial charge in [0.25, 0.3) is 5.91 Å². The van der Waals surface area contributed by atoms with Crippen LogP contribution >= 0.6 is 0 Å². The number of hydrogen-bond donors (Lipinski definition) is 1. The summed E-state index contributed by atoms with van der Waals surface area (Å²) >= 11 is 0. The molecule has 4 rings (SSSR count). The molecule has 0 spiro atoms. The Bertz CT molecular complexity index is 1160. The first-order valence-corrected chi connectivity index (χ1v) is 10.1. The number of imidazole rings is 1. The van der Waals surface area contributed by atoms with Crippen molar-refractivity contribution in [3.05, 3.63) is 72.9 Å². The number of amides is 1. The van der Waals surface area contributed by atoms with Crippen molar-refractivity contribution in [3.8, 4) is 5.75 Å². The molecule has 3 aromatic heterocycles. The van der Waals surface area contributed by atoms with Crippen molar-refractivity contribution < 1.29 is 14.1 Å². The Morgan fingerprint density at radius 3 is 2.87 bits per heavy atom. The number of benzene rings is 1. The molecule has 0 saturated heterocycles. The van der Waals surface area contributed by atoms with Gasteiger partial charge in [-0.25, -0.2) is 4.98 Å². The van der Waals surface area contributed by atoms with E-state index in [1.165, 1.54) is 0 Å². The number of nitrogens with zero attached hydrogens (tertiary/aromatic N) is 4. The minimum atomic E-state index is -0.286. The zero-order valence-electron chi connectivity index (χ0n) is 17.8. The van der Waals surface area contributed by atoms with Crippen molar-refractivity contribution in [3.63, 3.8) is 0 Å². The fourth-order valence-electron chi connectivity index (χ4n) is 3.23. The molecule has 0 unspecified atom stereocenters. The van der Waals surface area contributed by atoms with E-state index < -0.39 is 0 Å². The second-order valence-corrected chi connectivity index (χ2v) is 8.47. The molecule has 1 aromatic carbocycles. The molecule has 0 aliphatic carbocycles. The molecule has 8 nitrogen and oxygen atoms in total. The van der Waals surface area contributed by atoms with Gasteiger partial charge in [-0.05, 0) is 17.5 Å². The number of rotatable bonds is 7. The summed E-state index contributed by atoms with van der Waals surface area (Å²) in [4.78, 5) is 21.0. The Morgan fingerprint density at radius 1 is 1.23 bits per heavy atom. The number of aromatic nitrogens is 4. The Labute approximate surface area is 180 Å². The SMILES string of the molecule is CC(C)(C)[C@H](Cn1ccnc1)NC(=O)c1cc(COc2cccc3cnccc23)on1. The van der Waals surface area contributed by atoms with Gasteiger partial charge in [-0.1, -0.05) is 38.1 Å². The summed E-state index contributed by atoms with van der Waals surface area (Å²) in [5, 5.41) is 8.94. The maximum Gasteiger partial charge on any atom is 0.273 e. The number of ether oxygens (including phenoxy) is 1. The van der Waals surface area contributed by atoms with E-state index >= 15 is 0 Å². The van der Waals surface area contributed by atoms with Gasteiger partial charge in [0.15, 0.2) is 11.5 Å². The second-order valence-electron chi connectivity index (χ2n) is 8.47. The topological polar surface area (TPSA) is 95.1 Å². The van der Waals surface area contributed by atoms with E-state index in [1.54, 1.807) is 31.0 Å². The molecule has 4 aromatic rings. The number of nitrogens with one attached hydrogen (secondary N) is 1. The van der Waals surface area contributed by atoms with Crippen molar-refractivity contribution in [2.24, 2.45) is 5.41 Å². The van der Waals surface area contributed by atoms with Crippen LogP contribution in [0.2, 0.25) is 0 Å². The van der Waals surface area contributed by atoms with E-state index in [0.717, 1.165) is 16.5 Å². The standard InChI is InChI=1S/C23H25N5O3/c1-23(2,3)21(13-28-10-9-25-15-28)26-22(29)19-11-17(31-27-19)14-30-20-6-4-5-16-12-24-8-7-18(16)20/h4-12,15,21H,13-14H2,1-3H3,(H,26,29)/t21-/m0/s1. The Balaban J connectivity index is 1.42. The van der Waals surface area contributed by atoms with Gasteiger partial charge in [0.05, 0.1) is 12.4 Å². The van der Waals surface area contributed by atoms with E-state index in [-0.39, 0.29) is 29.7 Å². The summed E-state index contributed by atoms with van der Waals surface area (Å²) in [5.74, 6) is 0.903. The summed E-state index contributed by atoms with van der Waals surface area (Å²) in [6.07, 6.45) is 8.84. The van der Waals surface area contributed by atoms with Crippen LogP contribution in [0, 0.1) is 5.41 Å². The predicted octanol–water partition coefficient (Wildman–Crippen LogP) is 3.84. The van der Waals surface area contributed by atoms with E-state index in [1.807, 2.05) is 35.0 Å². The molecular weight excluding hydrogens is 394 g/mol. The molecule has 31 heavy (non-hydrogen) atoms. The third-order valence-corrected chi connectivity index (χ3v) is 5.11. The van der Waals surface area contributed by atoms with Gasteiger partial charge in [-0.2, -0.15) is 0 Å². The highest BCUT2D eigenvalue weighted by atomic mass is 16.5. The van der Waals surface area contributed by atoms with E-state index in [4.69, 9.17) is 9.26 Å². The highest BCUT2D eigenvalue weighted by Crippen LogP contribution is 2.25. The van der Waals surface area contributed by atoms with Gasteiger partial charge >= 0.3 is 0 Å². The van der Waals surface area contributed by atoms with Gasteiger partial charge in [0, 0.05) is 48.2 Å². The Kier molecular flexibility index (Phi) is 5.70. The lowest BCUT2D eigenvalue weighted by Crippen LogP contribution is -2.46. The maximum atomic E-state index is 12.8. The van der Waals surface area contributed by atoms with E-state index in [0.29, 0.717) is 12.3 Å². The molecular formula is C23H25N5O3. The molecule has 1 amide bonds. The molecule has 0 bridgehead atoms. The average molecular weight is 419 g/mol. The van der Waals surface area contributed by atoms with Gasteiger partial charge in [0.1, 0.15) is 12.4 Å². The first kappa shape index (κ1) is 20.6. The molecule has 0 radical (unpaired) electrons. The molecule has 1 N–H and O–H groups in total. The van der Waals surface area contributed by atoms with Crippen LogP contribution in [0.1, 0.15) is 37.0 Å². The van der Waals surface area contributed by atoms with Gasteiger partial charge < -0.3 is 19.1 Å². The number of hydrogen-bond acceptors (Lipinski definition) is 6. The summed E-state index contributed by atoms with van der Waals surface area (Å²) in [6, 6.07) is 9.16. The largest absolute Gasteiger partial charge is 0.485 e. The van der Waals surface area contributed by atoms with Crippen LogP contribution in [-0.2, 0) is 13.2 Å². The molecule has 0 aliphatic rings.